The highest BCUT2D eigenvalue weighted by molar-refractivity contribution is 5.91. The quantitative estimate of drug-likeness (QED) is 0.598. The summed E-state index contributed by atoms with van der Waals surface area (Å²) in [4.78, 5) is 27.1. The molecule has 8 heteroatoms. The maximum absolute atomic E-state index is 12.9. The van der Waals surface area contributed by atoms with Crippen LogP contribution >= 0.6 is 0 Å². The Morgan fingerprint density at radius 1 is 1.18 bits per heavy atom. The average molecular weight is 451 g/mol. The van der Waals surface area contributed by atoms with E-state index in [0.29, 0.717) is 6.54 Å². The van der Waals surface area contributed by atoms with Crippen LogP contribution in [0.25, 0.3) is 5.69 Å². The highest BCUT2D eigenvalue weighted by Crippen LogP contribution is 2.29. The van der Waals surface area contributed by atoms with E-state index in [2.05, 4.69) is 16.5 Å². The predicted molar refractivity (Wildman–Crippen MR) is 123 cm³/mol. The number of amides is 2. The lowest BCUT2D eigenvalue weighted by molar-refractivity contribution is -0.153. The van der Waals surface area contributed by atoms with Gasteiger partial charge in [-0.05, 0) is 61.9 Å². The van der Waals surface area contributed by atoms with Crippen molar-refractivity contribution in [2.75, 3.05) is 6.54 Å². The summed E-state index contributed by atoms with van der Waals surface area (Å²) in [5, 5.41) is 27.8. The number of carbonyl (C=O) groups is 2. The Morgan fingerprint density at radius 2 is 1.97 bits per heavy atom. The van der Waals surface area contributed by atoms with Gasteiger partial charge >= 0.3 is 0 Å². The number of rotatable bonds is 7. The normalized spacial score (nSPS) is 20.8. The molecule has 1 aliphatic heterocycles. The summed E-state index contributed by atoms with van der Waals surface area (Å²) in [5.41, 5.74) is 2.86. The van der Waals surface area contributed by atoms with Crippen LogP contribution in [0.5, 0.6) is 0 Å². The van der Waals surface area contributed by atoms with Gasteiger partial charge in [-0.25, -0.2) is 4.68 Å². The first-order valence-corrected chi connectivity index (χ1v) is 11.4. The molecule has 1 aromatic heterocycles. The molecule has 0 spiro atoms. The van der Waals surface area contributed by atoms with E-state index in [4.69, 9.17) is 0 Å². The van der Waals surface area contributed by atoms with Gasteiger partial charge in [0, 0.05) is 18.9 Å². The molecule has 2 aromatic rings. The lowest BCUT2D eigenvalue weighted by atomic mass is 9.95. The molecule has 1 aromatic carbocycles. The Hall–Kier alpha value is -3.23. The van der Waals surface area contributed by atoms with Crippen LogP contribution < -0.4 is 5.32 Å². The maximum atomic E-state index is 12.9. The van der Waals surface area contributed by atoms with Crippen LogP contribution in [0.4, 0.5) is 0 Å². The Labute approximate surface area is 193 Å². The van der Waals surface area contributed by atoms with E-state index in [1.54, 1.807) is 22.7 Å². The Bertz CT molecular complexity index is 1030. The van der Waals surface area contributed by atoms with E-state index >= 15 is 0 Å². The minimum absolute atomic E-state index is 0.0837. The topological polar surface area (TPSA) is 108 Å². The third kappa shape index (κ3) is 5.07. The molecule has 0 bridgehead atoms. The second-order valence-corrected chi connectivity index (χ2v) is 8.56. The lowest BCUT2D eigenvalue weighted by Crippen LogP contribution is -2.52. The number of hydrogen-bond donors (Lipinski definition) is 3. The van der Waals surface area contributed by atoms with Gasteiger partial charge in [-0.2, -0.15) is 5.10 Å². The zero-order valence-corrected chi connectivity index (χ0v) is 18.7. The summed E-state index contributed by atoms with van der Waals surface area (Å²) >= 11 is 0. The molecule has 2 aliphatic rings. The fraction of sp³-hybridized carbons (Fsp3) is 0.400. The Morgan fingerprint density at radius 3 is 2.64 bits per heavy atom. The van der Waals surface area contributed by atoms with Crippen molar-refractivity contribution in [3.63, 3.8) is 0 Å². The van der Waals surface area contributed by atoms with E-state index < -0.39 is 30.1 Å². The molecule has 2 amide bonds. The number of nitrogens with zero attached hydrogens (tertiary/aromatic N) is 3. The van der Waals surface area contributed by atoms with E-state index in [0.717, 1.165) is 42.5 Å². The molecular formula is C25H30N4O4. The van der Waals surface area contributed by atoms with Crippen LogP contribution in [0.1, 0.15) is 44.2 Å². The van der Waals surface area contributed by atoms with Crippen LogP contribution in [-0.2, 0) is 9.59 Å². The Kier molecular flexibility index (Phi) is 7.05. The molecule has 3 N–H and O–H groups in total. The van der Waals surface area contributed by atoms with Gasteiger partial charge in [-0.3, -0.25) is 9.59 Å². The number of allylic oxidation sites excluding steroid dienone is 3. The summed E-state index contributed by atoms with van der Waals surface area (Å²) < 4.78 is 1.73. The zero-order valence-electron chi connectivity index (χ0n) is 18.7. The standard InChI is InChI=1S/C25H30N4O4/c1-17(18-10-12-20(13-11-18)29-16-6-14-26-29)27-24(32)22(30)23(31)25(33)28-15-5-9-21(28)19-7-3-2-4-8-19/h2-3,6-7,10-14,16-17,21-23,30-31H,4-5,8-9,15H2,1H3,(H,27,32)/t17-,21-,22-,23-/m1/s1. The maximum Gasteiger partial charge on any atom is 0.255 e. The monoisotopic (exact) mass is 450 g/mol. The molecule has 0 unspecified atom stereocenters. The molecule has 1 fully saturated rings. The SMILES string of the molecule is C[C@@H](NC(=O)[C@H](O)[C@@H](O)C(=O)N1CCC[C@@H]1C1=CC=CCC1)c1ccc(-n2cccn2)cc1. The average Bonchev–Trinajstić information content (AvgIpc) is 3.56. The van der Waals surface area contributed by atoms with Crippen molar-refractivity contribution in [3.8, 4) is 5.69 Å². The van der Waals surface area contributed by atoms with Crippen LogP contribution in [0.15, 0.2) is 66.5 Å². The minimum atomic E-state index is -1.84. The molecule has 4 atom stereocenters. The van der Waals surface area contributed by atoms with Gasteiger partial charge in [-0.15, -0.1) is 0 Å². The predicted octanol–water partition coefficient (Wildman–Crippen LogP) is 2.04. The van der Waals surface area contributed by atoms with Gasteiger partial charge in [0.25, 0.3) is 11.8 Å². The first kappa shape index (κ1) is 22.9. The van der Waals surface area contributed by atoms with Crippen LogP contribution in [0.3, 0.4) is 0 Å². The molecule has 0 radical (unpaired) electrons. The molecule has 2 heterocycles. The van der Waals surface area contributed by atoms with Gasteiger partial charge in [0.1, 0.15) is 0 Å². The number of aliphatic hydroxyl groups excluding tert-OH is 2. The number of benzene rings is 1. The molecule has 1 aliphatic carbocycles. The van der Waals surface area contributed by atoms with Crippen LogP contribution in [0.2, 0.25) is 0 Å². The van der Waals surface area contributed by atoms with Crippen molar-refractivity contribution >= 4 is 11.8 Å². The molecule has 0 saturated carbocycles. The van der Waals surface area contributed by atoms with Crippen molar-refractivity contribution in [1.29, 1.82) is 0 Å². The smallest absolute Gasteiger partial charge is 0.255 e. The summed E-state index contributed by atoms with van der Waals surface area (Å²) in [6.45, 7) is 2.29. The molecule has 1 saturated heterocycles. The van der Waals surface area contributed by atoms with E-state index in [1.165, 1.54) is 0 Å². The van der Waals surface area contributed by atoms with E-state index in [9.17, 15) is 19.8 Å². The van der Waals surface area contributed by atoms with E-state index in [-0.39, 0.29) is 6.04 Å². The van der Waals surface area contributed by atoms with Crippen LogP contribution in [-0.4, -0.2) is 61.5 Å². The van der Waals surface area contributed by atoms with Crippen molar-refractivity contribution in [2.24, 2.45) is 0 Å². The van der Waals surface area contributed by atoms with E-state index in [1.807, 2.05) is 48.7 Å². The summed E-state index contributed by atoms with van der Waals surface area (Å²) in [7, 11) is 0. The first-order chi connectivity index (χ1) is 16.0. The molecule has 33 heavy (non-hydrogen) atoms. The van der Waals surface area contributed by atoms with Crippen molar-refractivity contribution < 1.29 is 19.8 Å². The second-order valence-electron chi connectivity index (χ2n) is 8.56. The molecule has 174 valence electrons. The molecule has 8 nitrogen and oxygen atoms in total. The van der Waals surface area contributed by atoms with Gasteiger partial charge < -0.3 is 20.4 Å². The second kappa shape index (κ2) is 10.1. The highest BCUT2D eigenvalue weighted by Gasteiger charge is 2.39. The number of hydrogen-bond acceptors (Lipinski definition) is 5. The van der Waals surface area contributed by atoms with Crippen molar-refractivity contribution in [3.05, 3.63) is 72.1 Å². The molecule has 4 rings (SSSR count). The van der Waals surface area contributed by atoms with Gasteiger partial charge in [0.15, 0.2) is 12.2 Å². The fourth-order valence-corrected chi connectivity index (χ4v) is 4.48. The molecular weight excluding hydrogens is 420 g/mol. The number of aromatic nitrogens is 2. The minimum Gasteiger partial charge on any atom is -0.380 e. The van der Waals surface area contributed by atoms with Crippen LogP contribution in [0, 0.1) is 0 Å². The number of nitrogens with one attached hydrogen (secondary N) is 1. The third-order valence-electron chi connectivity index (χ3n) is 6.35. The Balaban J connectivity index is 1.36. The largest absolute Gasteiger partial charge is 0.380 e. The summed E-state index contributed by atoms with van der Waals surface area (Å²) in [6.07, 6.45) is 9.43. The lowest BCUT2D eigenvalue weighted by Gasteiger charge is -2.30. The van der Waals surface area contributed by atoms with Gasteiger partial charge in [0.2, 0.25) is 0 Å². The first-order valence-electron chi connectivity index (χ1n) is 11.4. The fourth-order valence-electron chi connectivity index (χ4n) is 4.48. The number of aliphatic hydroxyl groups is 2. The third-order valence-corrected chi connectivity index (χ3v) is 6.35. The zero-order chi connectivity index (χ0) is 23.4. The van der Waals surface area contributed by atoms with Crippen molar-refractivity contribution in [2.45, 2.75) is 56.9 Å². The summed E-state index contributed by atoms with van der Waals surface area (Å²) in [5.74, 6) is -1.39. The number of carbonyl (C=O) groups excluding carboxylic acids is 2. The summed E-state index contributed by atoms with van der Waals surface area (Å²) in [6, 6.07) is 8.80. The highest BCUT2D eigenvalue weighted by atomic mass is 16.3. The van der Waals surface area contributed by atoms with Crippen molar-refractivity contribution in [1.82, 2.24) is 20.0 Å². The number of likely N-dealkylation sites (tertiary alicyclic amines) is 1. The van der Waals surface area contributed by atoms with Gasteiger partial charge in [0.05, 0.1) is 17.8 Å². The van der Waals surface area contributed by atoms with Gasteiger partial charge in [-0.1, -0.05) is 30.4 Å².